The predicted octanol–water partition coefficient (Wildman–Crippen LogP) is 2.66. The Morgan fingerprint density at radius 3 is 2.75 bits per heavy atom. The highest BCUT2D eigenvalue weighted by Crippen LogP contribution is 2.40. The molecule has 3 heterocycles. The van der Waals surface area contributed by atoms with E-state index in [9.17, 15) is 9.90 Å². The number of likely N-dealkylation sites (tertiary alicyclic amines) is 1. The molecule has 1 amide bonds. The number of carbonyl (C=O) groups excluding carboxylic acids is 1. The third-order valence-electron chi connectivity index (χ3n) is 6.32. The molecule has 0 radical (unpaired) electrons. The second kappa shape index (κ2) is 8.21. The van der Waals surface area contributed by atoms with Crippen molar-refractivity contribution in [2.75, 3.05) is 26.3 Å². The van der Waals surface area contributed by atoms with Gasteiger partial charge in [0.05, 0.1) is 17.2 Å². The van der Waals surface area contributed by atoms with Crippen molar-refractivity contribution in [3.8, 4) is 0 Å². The SMILES string of the molecule is Cc1ccc(C2=NO[C@H](CC3(C(=O)N4CCC[C@@H](O)C4)CCOCC3)C2)cc1. The molecule has 2 saturated heterocycles. The van der Waals surface area contributed by atoms with Gasteiger partial charge < -0.3 is 19.6 Å². The molecule has 1 aromatic carbocycles. The number of hydrogen-bond donors (Lipinski definition) is 1. The first-order chi connectivity index (χ1) is 13.6. The second-order valence-corrected chi connectivity index (χ2v) is 8.48. The quantitative estimate of drug-likeness (QED) is 0.864. The number of amides is 1. The number of hydrogen-bond acceptors (Lipinski definition) is 5. The first-order valence-corrected chi connectivity index (χ1v) is 10.4. The van der Waals surface area contributed by atoms with Crippen LogP contribution >= 0.6 is 0 Å². The monoisotopic (exact) mass is 386 g/mol. The average molecular weight is 386 g/mol. The highest BCUT2D eigenvalue weighted by molar-refractivity contribution is 6.01. The molecule has 0 aromatic heterocycles. The van der Waals surface area contributed by atoms with Crippen LogP contribution in [0.15, 0.2) is 29.4 Å². The normalized spacial score (nSPS) is 27.2. The van der Waals surface area contributed by atoms with Crippen LogP contribution in [0.4, 0.5) is 0 Å². The van der Waals surface area contributed by atoms with Crippen LogP contribution in [0.25, 0.3) is 0 Å². The Kier molecular flexibility index (Phi) is 5.69. The van der Waals surface area contributed by atoms with Crippen molar-refractivity contribution in [1.29, 1.82) is 0 Å². The number of ether oxygens (including phenoxy) is 1. The zero-order valence-electron chi connectivity index (χ0n) is 16.6. The molecule has 6 nitrogen and oxygen atoms in total. The fourth-order valence-corrected chi connectivity index (χ4v) is 4.63. The largest absolute Gasteiger partial charge is 0.392 e. The summed E-state index contributed by atoms with van der Waals surface area (Å²) in [6, 6.07) is 8.31. The summed E-state index contributed by atoms with van der Waals surface area (Å²) in [5.74, 6) is 0.155. The lowest BCUT2D eigenvalue weighted by atomic mass is 9.73. The number of β-amino-alcohol motifs (C(OH)–C–C–N with tert-alkyl or cyclic N) is 1. The number of aliphatic hydroxyl groups is 1. The third-order valence-corrected chi connectivity index (χ3v) is 6.32. The molecule has 1 N–H and O–H groups in total. The predicted molar refractivity (Wildman–Crippen MR) is 106 cm³/mol. The molecular weight excluding hydrogens is 356 g/mol. The summed E-state index contributed by atoms with van der Waals surface area (Å²) in [5.41, 5.74) is 2.78. The molecule has 0 unspecified atom stereocenters. The van der Waals surface area contributed by atoms with Gasteiger partial charge in [-0.05, 0) is 38.2 Å². The molecule has 0 aliphatic carbocycles. The van der Waals surface area contributed by atoms with Gasteiger partial charge in [0.15, 0.2) is 0 Å². The zero-order chi connectivity index (χ0) is 19.6. The number of nitrogens with zero attached hydrogens (tertiary/aromatic N) is 2. The van der Waals surface area contributed by atoms with Crippen LogP contribution in [0, 0.1) is 12.3 Å². The number of oxime groups is 1. The minimum atomic E-state index is -0.474. The van der Waals surface area contributed by atoms with Gasteiger partial charge in [-0.2, -0.15) is 0 Å². The fourth-order valence-electron chi connectivity index (χ4n) is 4.63. The van der Waals surface area contributed by atoms with Crippen LogP contribution in [0.3, 0.4) is 0 Å². The molecule has 28 heavy (non-hydrogen) atoms. The summed E-state index contributed by atoms with van der Waals surface area (Å²) in [6.07, 6.45) is 3.93. The van der Waals surface area contributed by atoms with Crippen molar-refractivity contribution in [2.24, 2.45) is 10.6 Å². The first kappa shape index (κ1) is 19.4. The van der Waals surface area contributed by atoms with E-state index in [1.165, 1.54) is 5.56 Å². The maximum atomic E-state index is 13.5. The summed E-state index contributed by atoms with van der Waals surface area (Å²) in [6.45, 7) is 4.44. The fraction of sp³-hybridized carbons (Fsp3) is 0.636. The van der Waals surface area contributed by atoms with Crippen molar-refractivity contribution in [3.05, 3.63) is 35.4 Å². The molecule has 2 atom stereocenters. The van der Waals surface area contributed by atoms with Gasteiger partial charge in [-0.1, -0.05) is 35.0 Å². The van der Waals surface area contributed by atoms with Crippen LogP contribution in [0.1, 0.15) is 49.7 Å². The Balaban J connectivity index is 1.45. The zero-order valence-corrected chi connectivity index (χ0v) is 16.6. The third kappa shape index (κ3) is 4.08. The Morgan fingerprint density at radius 2 is 2.04 bits per heavy atom. The number of carbonyl (C=O) groups is 1. The van der Waals surface area contributed by atoms with E-state index in [2.05, 4.69) is 36.3 Å². The molecule has 152 valence electrons. The summed E-state index contributed by atoms with van der Waals surface area (Å²) < 4.78 is 5.56. The molecular formula is C22H30N2O4. The smallest absolute Gasteiger partial charge is 0.229 e. The van der Waals surface area contributed by atoms with E-state index in [1.54, 1.807) is 0 Å². The van der Waals surface area contributed by atoms with Crippen molar-refractivity contribution >= 4 is 11.6 Å². The van der Waals surface area contributed by atoms with Crippen LogP contribution in [-0.2, 0) is 14.4 Å². The minimum absolute atomic E-state index is 0.0898. The van der Waals surface area contributed by atoms with Crippen LogP contribution in [0.2, 0.25) is 0 Å². The Bertz CT molecular complexity index is 725. The highest BCUT2D eigenvalue weighted by atomic mass is 16.6. The van der Waals surface area contributed by atoms with E-state index in [1.807, 2.05) is 4.90 Å². The van der Waals surface area contributed by atoms with Gasteiger partial charge in [-0.25, -0.2) is 0 Å². The van der Waals surface area contributed by atoms with Gasteiger partial charge in [-0.3, -0.25) is 4.79 Å². The van der Waals surface area contributed by atoms with E-state index >= 15 is 0 Å². The first-order valence-electron chi connectivity index (χ1n) is 10.4. The number of aryl methyl sites for hydroxylation is 1. The highest BCUT2D eigenvalue weighted by Gasteiger charge is 2.46. The molecule has 1 aromatic rings. The summed E-state index contributed by atoms with van der Waals surface area (Å²) in [7, 11) is 0. The van der Waals surface area contributed by atoms with Crippen molar-refractivity contribution in [1.82, 2.24) is 4.90 Å². The van der Waals surface area contributed by atoms with E-state index in [0.29, 0.717) is 39.0 Å². The number of rotatable bonds is 4. The van der Waals surface area contributed by atoms with Gasteiger partial charge in [0, 0.05) is 39.1 Å². The van der Waals surface area contributed by atoms with Crippen LogP contribution in [-0.4, -0.2) is 60.1 Å². The Hall–Kier alpha value is -1.92. The molecule has 0 bridgehead atoms. The molecule has 6 heteroatoms. The van der Waals surface area contributed by atoms with Gasteiger partial charge >= 0.3 is 0 Å². The van der Waals surface area contributed by atoms with Crippen molar-refractivity contribution < 1.29 is 19.5 Å². The van der Waals surface area contributed by atoms with Crippen LogP contribution in [0.5, 0.6) is 0 Å². The topological polar surface area (TPSA) is 71.4 Å². The number of benzene rings is 1. The molecule has 3 aliphatic heterocycles. The van der Waals surface area contributed by atoms with E-state index in [0.717, 1.165) is 37.1 Å². The lowest BCUT2D eigenvalue weighted by Gasteiger charge is -2.42. The minimum Gasteiger partial charge on any atom is -0.392 e. The molecule has 0 saturated carbocycles. The lowest BCUT2D eigenvalue weighted by Crippen LogP contribution is -2.52. The van der Waals surface area contributed by atoms with E-state index in [-0.39, 0.29) is 12.0 Å². The summed E-state index contributed by atoms with van der Waals surface area (Å²) in [4.78, 5) is 21.1. The van der Waals surface area contributed by atoms with E-state index in [4.69, 9.17) is 9.57 Å². The van der Waals surface area contributed by atoms with Gasteiger partial charge in [-0.15, -0.1) is 0 Å². The maximum Gasteiger partial charge on any atom is 0.229 e. The van der Waals surface area contributed by atoms with Crippen molar-refractivity contribution in [2.45, 2.75) is 57.7 Å². The lowest BCUT2D eigenvalue weighted by molar-refractivity contribution is -0.154. The number of piperidine rings is 1. The molecule has 3 aliphatic rings. The Morgan fingerprint density at radius 1 is 1.29 bits per heavy atom. The molecule has 4 rings (SSSR count). The van der Waals surface area contributed by atoms with Crippen molar-refractivity contribution in [3.63, 3.8) is 0 Å². The standard InChI is InChI=1S/C22H30N2O4/c1-16-4-6-17(7-5-16)20-13-19(28-23-20)14-22(8-11-27-12-9-22)21(26)24-10-2-3-18(25)15-24/h4-7,18-19,25H,2-3,8-15H2,1H3/t18-,19+/m1/s1. The Labute approximate surface area is 166 Å². The summed E-state index contributed by atoms with van der Waals surface area (Å²) >= 11 is 0. The maximum absolute atomic E-state index is 13.5. The number of aliphatic hydroxyl groups excluding tert-OH is 1. The van der Waals surface area contributed by atoms with Gasteiger partial charge in [0.2, 0.25) is 5.91 Å². The van der Waals surface area contributed by atoms with Gasteiger partial charge in [0.25, 0.3) is 0 Å². The second-order valence-electron chi connectivity index (χ2n) is 8.48. The molecule has 2 fully saturated rings. The average Bonchev–Trinajstić information content (AvgIpc) is 3.17. The van der Waals surface area contributed by atoms with Crippen LogP contribution < -0.4 is 0 Å². The van der Waals surface area contributed by atoms with Gasteiger partial charge in [0.1, 0.15) is 6.10 Å². The van der Waals surface area contributed by atoms with E-state index < -0.39 is 11.5 Å². The summed E-state index contributed by atoms with van der Waals surface area (Å²) in [5, 5.41) is 14.3. The molecule has 0 spiro atoms.